The smallest absolute Gasteiger partial charge is 0.230 e. The molecule has 0 saturated carbocycles. The van der Waals surface area contributed by atoms with E-state index in [9.17, 15) is 9.59 Å². The van der Waals surface area contributed by atoms with Crippen molar-refractivity contribution in [1.29, 1.82) is 0 Å². The summed E-state index contributed by atoms with van der Waals surface area (Å²) in [6.07, 6.45) is 5.36. The number of pyridine rings is 2. The van der Waals surface area contributed by atoms with E-state index >= 15 is 0 Å². The monoisotopic (exact) mass is 486 g/mol. The molecule has 0 radical (unpaired) electrons. The standard InChI is InChI=1S/C27H23ClN4O3/c28-19-15-23(24(33)10-4-17-3-9-22-18(14-17)11-12-30-26(22)29)27(31-16-19)35-21-7-5-20(6-8-21)32-13-1-2-25(32)34/h3,5-9,11-12,14-16H,1-2,4,10,13H2,(H2,29,30). The highest BCUT2D eigenvalue weighted by atomic mass is 35.5. The Morgan fingerprint density at radius 3 is 2.69 bits per heavy atom. The number of hydrogen-bond acceptors (Lipinski definition) is 6. The van der Waals surface area contributed by atoms with Gasteiger partial charge in [-0.1, -0.05) is 29.8 Å². The number of anilines is 2. The number of nitrogens with zero attached hydrogens (tertiary/aromatic N) is 3. The van der Waals surface area contributed by atoms with Gasteiger partial charge >= 0.3 is 0 Å². The van der Waals surface area contributed by atoms with E-state index in [1.54, 1.807) is 29.3 Å². The number of nitrogen functional groups attached to an aromatic ring is 1. The number of hydrogen-bond donors (Lipinski definition) is 1. The third kappa shape index (κ3) is 4.95. The minimum absolute atomic E-state index is 0.122. The number of amides is 1. The lowest BCUT2D eigenvalue weighted by Gasteiger charge is -2.16. The zero-order valence-corrected chi connectivity index (χ0v) is 19.7. The first kappa shape index (κ1) is 22.8. The molecule has 3 heterocycles. The number of benzene rings is 2. The fraction of sp³-hybridized carbons (Fsp3) is 0.185. The van der Waals surface area contributed by atoms with Gasteiger partial charge in [0.1, 0.15) is 11.6 Å². The van der Waals surface area contributed by atoms with Crippen molar-refractivity contribution in [2.45, 2.75) is 25.7 Å². The van der Waals surface area contributed by atoms with E-state index in [2.05, 4.69) is 9.97 Å². The van der Waals surface area contributed by atoms with Crippen LogP contribution < -0.4 is 15.4 Å². The molecule has 2 aromatic carbocycles. The van der Waals surface area contributed by atoms with Gasteiger partial charge in [0.25, 0.3) is 0 Å². The van der Waals surface area contributed by atoms with Crippen LogP contribution in [0.2, 0.25) is 5.02 Å². The second-order valence-corrected chi connectivity index (χ2v) is 8.86. The van der Waals surface area contributed by atoms with E-state index in [0.29, 0.717) is 35.0 Å². The second-order valence-electron chi connectivity index (χ2n) is 8.43. The fourth-order valence-corrected chi connectivity index (χ4v) is 4.39. The molecule has 35 heavy (non-hydrogen) atoms. The summed E-state index contributed by atoms with van der Waals surface area (Å²) < 4.78 is 5.94. The van der Waals surface area contributed by atoms with E-state index in [0.717, 1.165) is 35.0 Å². The normalized spacial score (nSPS) is 13.4. The Kier molecular flexibility index (Phi) is 6.33. The number of halogens is 1. The molecular weight excluding hydrogens is 464 g/mol. The number of aryl methyl sites for hydroxylation is 1. The molecule has 0 aliphatic carbocycles. The van der Waals surface area contributed by atoms with Gasteiger partial charge < -0.3 is 15.4 Å². The largest absolute Gasteiger partial charge is 0.438 e. The van der Waals surface area contributed by atoms with Crippen LogP contribution in [0.15, 0.2) is 67.0 Å². The van der Waals surface area contributed by atoms with E-state index in [1.165, 1.54) is 6.20 Å². The summed E-state index contributed by atoms with van der Waals surface area (Å²) in [5, 5.41) is 2.23. The van der Waals surface area contributed by atoms with E-state index < -0.39 is 0 Å². The lowest BCUT2D eigenvalue weighted by Crippen LogP contribution is -2.23. The van der Waals surface area contributed by atoms with Crippen LogP contribution in [0, 0.1) is 0 Å². The van der Waals surface area contributed by atoms with Gasteiger partial charge in [0, 0.05) is 42.9 Å². The first-order valence-electron chi connectivity index (χ1n) is 11.4. The molecule has 5 rings (SSSR count). The molecule has 7 nitrogen and oxygen atoms in total. The van der Waals surface area contributed by atoms with Gasteiger partial charge in [-0.05, 0) is 60.2 Å². The number of fused-ring (bicyclic) bond motifs is 1. The maximum atomic E-state index is 13.1. The molecule has 0 unspecified atom stereocenters. The minimum atomic E-state index is -0.122. The molecule has 1 saturated heterocycles. The summed E-state index contributed by atoms with van der Waals surface area (Å²) >= 11 is 6.14. The van der Waals surface area contributed by atoms with Crippen molar-refractivity contribution in [2.24, 2.45) is 0 Å². The summed E-state index contributed by atoms with van der Waals surface area (Å²) in [4.78, 5) is 35.2. The number of aromatic nitrogens is 2. The lowest BCUT2D eigenvalue weighted by molar-refractivity contribution is -0.117. The molecule has 8 heteroatoms. The zero-order valence-electron chi connectivity index (χ0n) is 18.9. The average Bonchev–Trinajstić information content (AvgIpc) is 3.30. The molecule has 0 atom stereocenters. The van der Waals surface area contributed by atoms with E-state index in [1.807, 2.05) is 36.4 Å². The van der Waals surface area contributed by atoms with Crippen LogP contribution >= 0.6 is 11.6 Å². The van der Waals surface area contributed by atoms with Gasteiger partial charge in [0.05, 0.1) is 10.6 Å². The van der Waals surface area contributed by atoms with Gasteiger partial charge in [-0.25, -0.2) is 9.97 Å². The molecule has 0 spiro atoms. The van der Waals surface area contributed by atoms with Crippen LogP contribution in [0.25, 0.3) is 10.8 Å². The molecule has 2 aromatic heterocycles. The van der Waals surface area contributed by atoms with Crippen LogP contribution in [-0.4, -0.2) is 28.2 Å². The van der Waals surface area contributed by atoms with Crippen molar-refractivity contribution >= 4 is 45.6 Å². The number of ketones is 1. The van der Waals surface area contributed by atoms with Crippen LogP contribution in [0.4, 0.5) is 11.5 Å². The lowest BCUT2D eigenvalue weighted by atomic mass is 10.0. The Hall–Kier alpha value is -3.97. The van der Waals surface area contributed by atoms with E-state index in [4.69, 9.17) is 22.1 Å². The number of ether oxygens (including phenoxy) is 1. The Labute approximate surface area is 207 Å². The maximum Gasteiger partial charge on any atom is 0.230 e. The van der Waals surface area contributed by atoms with E-state index in [-0.39, 0.29) is 24.0 Å². The Bertz CT molecular complexity index is 1420. The molecule has 2 N–H and O–H groups in total. The topological polar surface area (TPSA) is 98.4 Å². The summed E-state index contributed by atoms with van der Waals surface area (Å²) in [6, 6.07) is 16.6. The molecular formula is C27H23ClN4O3. The third-order valence-corrected chi connectivity index (χ3v) is 6.26. The number of Topliss-reactive ketones (excluding diaryl/α,β-unsaturated/α-hetero) is 1. The molecule has 1 aliphatic heterocycles. The summed E-state index contributed by atoms with van der Waals surface area (Å²) in [5.74, 6) is 1.20. The van der Waals surface area contributed by atoms with Crippen molar-refractivity contribution in [3.05, 3.63) is 83.1 Å². The van der Waals surface area contributed by atoms with Crippen molar-refractivity contribution in [3.63, 3.8) is 0 Å². The predicted octanol–water partition coefficient (Wildman–Crippen LogP) is 5.60. The SMILES string of the molecule is Nc1nccc2cc(CCC(=O)c3cc(Cl)cnc3Oc3ccc(N4CCCC4=O)cc3)ccc12. The van der Waals surface area contributed by atoms with Crippen LogP contribution in [0.3, 0.4) is 0 Å². The molecule has 0 bridgehead atoms. The maximum absolute atomic E-state index is 13.1. The van der Waals surface area contributed by atoms with Gasteiger partial charge in [-0.15, -0.1) is 0 Å². The minimum Gasteiger partial charge on any atom is -0.438 e. The van der Waals surface area contributed by atoms with Crippen molar-refractivity contribution in [3.8, 4) is 11.6 Å². The molecule has 1 fully saturated rings. The fourth-order valence-electron chi connectivity index (χ4n) is 4.23. The highest BCUT2D eigenvalue weighted by Crippen LogP contribution is 2.30. The van der Waals surface area contributed by atoms with Gasteiger partial charge in [-0.3, -0.25) is 9.59 Å². The number of rotatable bonds is 7. The number of carbonyl (C=O) groups excluding carboxylic acids is 2. The number of carbonyl (C=O) groups is 2. The van der Waals surface area contributed by atoms with Gasteiger partial charge in [0.15, 0.2) is 5.78 Å². The average molecular weight is 487 g/mol. The first-order chi connectivity index (χ1) is 17.0. The quantitative estimate of drug-likeness (QED) is 0.341. The Balaban J connectivity index is 1.31. The van der Waals surface area contributed by atoms with Crippen LogP contribution in [0.1, 0.15) is 35.2 Å². The van der Waals surface area contributed by atoms with Crippen LogP contribution in [0.5, 0.6) is 11.6 Å². The summed E-state index contributed by atoms with van der Waals surface area (Å²) in [5.41, 5.74) is 8.09. The van der Waals surface area contributed by atoms with Crippen molar-refractivity contribution in [1.82, 2.24) is 9.97 Å². The highest BCUT2D eigenvalue weighted by molar-refractivity contribution is 6.30. The van der Waals surface area contributed by atoms with Crippen molar-refractivity contribution < 1.29 is 14.3 Å². The molecule has 4 aromatic rings. The predicted molar refractivity (Wildman–Crippen MR) is 136 cm³/mol. The summed E-state index contributed by atoms with van der Waals surface area (Å²) in [6.45, 7) is 0.720. The Morgan fingerprint density at radius 2 is 1.91 bits per heavy atom. The Morgan fingerprint density at radius 1 is 1.09 bits per heavy atom. The molecule has 1 aliphatic rings. The third-order valence-electron chi connectivity index (χ3n) is 6.05. The first-order valence-corrected chi connectivity index (χ1v) is 11.8. The molecule has 1 amide bonds. The van der Waals surface area contributed by atoms with Gasteiger partial charge in [-0.2, -0.15) is 0 Å². The molecule has 176 valence electrons. The highest BCUT2D eigenvalue weighted by Gasteiger charge is 2.22. The van der Waals surface area contributed by atoms with Crippen molar-refractivity contribution in [2.75, 3.05) is 17.2 Å². The number of nitrogens with two attached hydrogens (primary N) is 1. The van der Waals surface area contributed by atoms with Gasteiger partial charge in [0.2, 0.25) is 11.8 Å². The second kappa shape index (κ2) is 9.72. The van der Waals surface area contributed by atoms with Crippen LogP contribution in [-0.2, 0) is 11.2 Å². The summed E-state index contributed by atoms with van der Waals surface area (Å²) in [7, 11) is 0. The zero-order chi connectivity index (χ0) is 24.4.